The van der Waals surface area contributed by atoms with Gasteiger partial charge in [-0.1, -0.05) is 0 Å². The first kappa shape index (κ1) is 12.7. The normalized spacial score (nSPS) is 14.2. The number of phenolic OH excluding ortho intramolecular Hbond substituents is 1. The predicted octanol–water partition coefficient (Wildman–Crippen LogP) is 2.93. The Labute approximate surface area is 115 Å². The number of furan rings is 1. The summed E-state index contributed by atoms with van der Waals surface area (Å²) >= 11 is 0. The van der Waals surface area contributed by atoms with E-state index in [1.54, 1.807) is 23.3 Å². The molecule has 1 saturated carbocycles. The van der Waals surface area contributed by atoms with Crippen molar-refractivity contribution >= 4 is 5.91 Å². The van der Waals surface area contributed by atoms with Gasteiger partial charge in [0.05, 0.1) is 18.4 Å². The smallest absolute Gasteiger partial charge is 0.258 e. The summed E-state index contributed by atoms with van der Waals surface area (Å²) in [5.74, 6) is -0.517. The maximum Gasteiger partial charge on any atom is 0.258 e. The van der Waals surface area contributed by atoms with Crippen molar-refractivity contribution in [3.63, 3.8) is 0 Å². The zero-order valence-corrected chi connectivity index (χ0v) is 10.8. The van der Waals surface area contributed by atoms with Gasteiger partial charge in [0.15, 0.2) is 0 Å². The lowest BCUT2D eigenvalue weighted by Crippen LogP contribution is -2.32. The Morgan fingerprint density at radius 3 is 2.80 bits per heavy atom. The van der Waals surface area contributed by atoms with E-state index in [0.717, 1.165) is 18.9 Å². The molecule has 0 atom stereocenters. The second kappa shape index (κ2) is 5.00. The van der Waals surface area contributed by atoms with E-state index in [1.165, 1.54) is 12.1 Å². The SMILES string of the molecule is O=C(c1ccc(F)cc1O)N(Cc1ccco1)C1CC1. The van der Waals surface area contributed by atoms with Crippen molar-refractivity contribution < 1.29 is 18.7 Å². The summed E-state index contributed by atoms with van der Waals surface area (Å²) in [5.41, 5.74) is 0.116. The number of phenols is 1. The van der Waals surface area contributed by atoms with Crippen LogP contribution in [0.2, 0.25) is 0 Å². The highest BCUT2D eigenvalue weighted by molar-refractivity contribution is 5.97. The summed E-state index contributed by atoms with van der Waals surface area (Å²) in [6, 6.07) is 7.16. The van der Waals surface area contributed by atoms with Crippen LogP contribution < -0.4 is 0 Å². The second-order valence-electron chi connectivity index (χ2n) is 4.91. The van der Waals surface area contributed by atoms with E-state index in [4.69, 9.17) is 4.42 Å². The van der Waals surface area contributed by atoms with Gasteiger partial charge in [-0.3, -0.25) is 4.79 Å². The van der Waals surface area contributed by atoms with E-state index in [2.05, 4.69) is 0 Å². The number of halogens is 1. The highest BCUT2D eigenvalue weighted by Crippen LogP contribution is 2.31. The van der Waals surface area contributed by atoms with Crippen molar-refractivity contribution in [1.82, 2.24) is 4.90 Å². The van der Waals surface area contributed by atoms with Crippen molar-refractivity contribution in [3.05, 3.63) is 53.7 Å². The molecule has 1 aliphatic carbocycles. The molecular formula is C15H14FNO3. The molecule has 0 spiro atoms. The zero-order valence-electron chi connectivity index (χ0n) is 10.8. The first-order valence-corrected chi connectivity index (χ1v) is 6.47. The third kappa shape index (κ3) is 2.52. The topological polar surface area (TPSA) is 53.7 Å². The van der Waals surface area contributed by atoms with Crippen LogP contribution in [0.1, 0.15) is 29.0 Å². The van der Waals surface area contributed by atoms with Crippen LogP contribution in [0.3, 0.4) is 0 Å². The van der Waals surface area contributed by atoms with Crippen LogP contribution in [0, 0.1) is 5.82 Å². The minimum Gasteiger partial charge on any atom is -0.507 e. The summed E-state index contributed by atoms with van der Waals surface area (Å²) in [6.45, 7) is 0.354. The summed E-state index contributed by atoms with van der Waals surface area (Å²) < 4.78 is 18.2. The molecule has 2 aromatic rings. The minimum atomic E-state index is -0.567. The van der Waals surface area contributed by atoms with Crippen molar-refractivity contribution in [2.75, 3.05) is 0 Å². The molecule has 1 aliphatic rings. The average Bonchev–Trinajstić information content (AvgIpc) is 3.12. The first-order valence-electron chi connectivity index (χ1n) is 6.47. The highest BCUT2D eigenvalue weighted by Gasteiger charge is 2.34. The molecule has 20 heavy (non-hydrogen) atoms. The van der Waals surface area contributed by atoms with Gasteiger partial charge in [-0.2, -0.15) is 0 Å². The van der Waals surface area contributed by atoms with Crippen LogP contribution in [0.15, 0.2) is 41.0 Å². The number of amides is 1. The van der Waals surface area contributed by atoms with Crippen LogP contribution in [0.4, 0.5) is 4.39 Å². The Kier molecular flexibility index (Phi) is 3.18. The molecule has 1 aromatic heterocycles. The van der Waals surface area contributed by atoms with E-state index < -0.39 is 5.82 Å². The van der Waals surface area contributed by atoms with Crippen LogP contribution >= 0.6 is 0 Å². The maximum atomic E-state index is 13.0. The minimum absolute atomic E-state index is 0.116. The lowest BCUT2D eigenvalue weighted by Gasteiger charge is -2.21. The molecule has 1 N–H and O–H groups in total. The predicted molar refractivity (Wildman–Crippen MR) is 69.7 cm³/mol. The number of hydrogen-bond donors (Lipinski definition) is 1. The maximum absolute atomic E-state index is 13.0. The van der Waals surface area contributed by atoms with Gasteiger partial charge in [0.2, 0.25) is 0 Å². The second-order valence-corrected chi connectivity index (χ2v) is 4.91. The molecule has 0 saturated heterocycles. The van der Waals surface area contributed by atoms with Crippen molar-refractivity contribution in [2.45, 2.75) is 25.4 Å². The molecule has 1 heterocycles. The van der Waals surface area contributed by atoms with Gasteiger partial charge in [0.1, 0.15) is 17.3 Å². The highest BCUT2D eigenvalue weighted by atomic mass is 19.1. The molecule has 104 valence electrons. The Balaban J connectivity index is 1.85. The monoisotopic (exact) mass is 275 g/mol. The van der Waals surface area contributed by atoms with Gasteiger partial charge in [0, 0.05) is 12.1 Å². The Bertz CT molecular complexity index is 620. The van der Waals surface area contributed by atoms with E-state index in [1.807, 2.05) is 0 Å². The van der Waals surface area contributed by atoms with Crippen LogP contribution in [-0.4, -0.2) is 22.0 Å². The van der Waals surface area contributed by atoms with Crippen LogP contribution in [0.25, 0.3) is 0 Å². The first-order chi connectivity index (χ1) is 9.65. The summed E-state index contributed by atoms with van der Waals surface area (Å²) in [5, 5.41) is 9.73. The Morgan fingerprint density at radius 2 is 2.20 bits per heavy atom. The number of aromatic hydroxyl groups is 1. The third-order valence-corrected chi connectivity index (χ3v) is 3.34. The average molecular weight is 275 g/mol. The molecule has 1 fully saturated rings. The molecule has 5 heteroatoms. The van der Waals surface area contributed by atoms with Gasteiger partial charge >= 0.3 is 0 Å². The number of benzene rings is 1. The number of rotatable bonds is 4. The van der Waals surface area contributed by atoms with E-state index >= 15 is 0 Å². The fourth-order valence-electron chi connectivity index (χ4n) is 2.16. The fourth-order valence-corrected chi connectivity index (χ4v) is 2.16. The number of nitrogens with zero attached hydrogens (tertiary/aromatic N) is 1. The molecule has 0 unspecified atom stereocenters. The molecular weight excluding hydrogens is 261 g/mol. The molecule has 3 rings (SSSR count). The van der Waals surface area contributed by atoms with Gasteiger partial charge in [-0.05, 0) is 37.1 Å². The molecule has 0 aliphatic heterocycles. The molecule has 0 bridgehead atoms. The number of carbonyl (C=O) groups excluding carboxylic acids is 1. The fraction of sp³-hybridized carbons (Fsp3) is 0.267. The van der Waals surface area contributed by atoms with Crippen molar-refractivity contribution in [1.29, 1.82) is 0 Å². The van der Waals surface area contributed by atoms with Gasteiger partial charge in [0.25, 0.3) is 5.91 Å². The number of hydrogen-bond acceptors (Lipinski definition) is 3. The van der Waals surface area contributed by atoms with Crippen LogP contribution in [0.5, 0.6) is 5.75 Å². The van der Waals surface area contributed by atoms with Gasteiger partial charge in [-0.15, -0.1) is 0 Å². The van der Waals surface area contributed by atoms with Gasteiger partial charge < -0.3 is 14.4 Å². The van der Waals surface area contributed by atoms with Crippen molar-refractivity contribution in [2.24, 2.45) is 0 Å². The zero-order chi connectivity index (χ0) is 14.1. The lowest BCUT2D eigenvalue weighted by molar-refractivity contribution is 0.0714. The molecule has 0 radical (unpaired) electrons. The van der Waals surface area contributed by atoms with E-state index in [0.29, 0.717) is 12.3 Å². The van der Waals surface area contributed by atoms with E-state index in [9.17, 15) is 14.3 Å². The lowest BCUT2D eigenvalue weighted by atomic mass is 10.1. The largest absolute Gasteiger partial charge is 0.507 e. The summed E-state index contributed by atoms with van der Waals surface area (Å²) in [4.78, 5) is 14.1. The van der Waals surface area contributed by atoms with E-state index in [-0.39, 0.29) is 23.3 Å². The Hall–Kier alpha value is -2.30. The summed E-state index contributed by atoms with van der Waals surface area (Å²) in [6.07, 6.45) is 3.43. The molecule has 1 amide bonds. The van der Waals surface area contributed by atoms with Crippen LogP contribution in [-0.2, 0) is 6.54 Å². The summed E-state index contributed by atoms with van der Waals surface area (Å²) in [7, 11) is 0. The standard InChI is InChI=1S/C15H14FNO3/c16-10-3-6-13(14(18)8-10)15(19)17(11-4-5-11)9-12-2-1-7-20-12/h1-3,6-8,11,18H,4-5,9H2. The quantitative estimate of drug-likeness (QED) is 0.933. The molecule has 1 aromatic carbocycles. The Morgan fingerprint density at radius 1 is 1.40 bits per heavy atom. The molecule has 4 nitrogen and oxygen atoms in total. The van der Waals surface area contributed by atoms with Gasteiger partial charge in [-0.25, -0.2) is 4.39 Å². The third-order valence-electron chi connectivity index (χ3n) is 3.34. The van der Waals surface area contributed by atoms with Crippen molar-refractivity contribution in [3.8, 4) is 5.75 Å². The number of carbonyl (C=O) groups is 1.